The van der Waals surface area contributed by atoms with E-state index in [1.165, 1.54) is 0 Å². The zero-order valence-corrected chi connectivity index (χ0v) is 13.2. The van der Waals surface area contributed by atoms with E-state index >= 15 is 0 Å². The van der Waals surface area contributed by atoms with Gasteiger partial charge in [-0.1, -0.05) is 17.7 Å². The number of carbonyl (C=O) groups is 2. The van der Waals surface area contributed by atoms with Crippen LogP contribution in [0.2, 0.25) is 5.02 Å². The van der Waals surface area contributed by atoms with Gasteiger partial charge in [-0.2, -0.15) is 5.10 Å². The maximum absolute atomic E-state index is 12.8. The van der Waals surface area contributed by atoms with Gasteiger partial charge in [0.1, 0.15) is 5.69 Å². The van der Waals surface area contributed by atoms with Crippen LogP contribution in [0.5, 0.6) is 0 Å². The van der Waals surface area contributed by atoms with Crippen LogP contribution in [0.15, 0.2) is 30.3 Å². The summed E-state index contributed by atoms with van der Waals surface area (Å²) < 4.78 is 0. The first-order chi connectivity index (χ1) is 11.1. The minimum atomic E-state index is -0.587. The van der Waals surface area contributed by atoms with Crippen molar-refractivity contribution < 1.29 is 9.59 Å². The van der Waals surface area contributed by atoms with E-state index in [0.717, 1.165) is 25.0 Å². The van der Waals surface area contributed by atoms with Crippen LogP contribution in [0.4, 0.5) is 0 Å². The number of hydrogen-bond donors (Lipinski definition) is 2. The number of halogens is 1. The van der Waals surface area contributed by atoms with Crippen molar-refractivity contribution in [3.8, 4) is 0 Å². The van der Waals surface area contributed by atoms with Crippen molar-refractivity contribution in [1.82, 2.24) is 15.1 Å². The summed E-state index contributed by atoms with van der Waals surface area (Å²) in [6.45, 7) is 0.654. The van der Waals surface area contributed by atoms with Crippen molar-refractivity contribution in [1.29, 1.82) is 0 Å². The molecule has 0 saturated carbocycles. The lowest BCUT2D eigenvalue weighted by Gasteiger charge is -2.35. The molecular weight excluding hydrogens is 316 g/mol. The van der Waals surface area contributed by atoms with Gasteiger partial charge in [0.05, 0.1) is 11.7 Å². The van der Waals surface area contributed by atoms with Crippen molar-refractivity contribution in [3.63, 3.8) is 0 Å². The van der Waals surface area contributed by atoms with E-state index in [4.69, 9.17) is 17.3 Å². The highest BCUT2D eigenvalue weighted by Gasteiger charge is 2.30. The van der Waals surface area contributed by atoms with Gasteiger partial charge in [0, 0.05) is 17.1 Å². The summed E-state index contributed by atoms with van der Waals surface area (Å²) in [5, 5.41) is 7.28. The Morgan fingerprint density at radius 2 is 2.13 bits per heavy atom. The summed E-state index contributed by atoms with van der Waals surface area (Å²) >= 11 is 5.98. The normalized spacial score (nSPS) is 18.0. The van der Waals surface area contributed by atoms with Crippen LogP contribution in [0.3, 0.4) is 0 Å². The molecule has 2 heterocycles. The summed E-state index contributed by atoms with van der Waals surface area (Å²) in [4.78, 5) is 25.8. The Morgan fingerprint density at radius 1 is 1.30 bits per heavy atom. The predicted octanol–water partition coefficient (Wildman–Crippen LogP) is 2.53. The molecule has 6 nitrogen and oxygen atoms in total. The Morgan fingerprint density at radius 3 is 2.83 bits per heavy atom. The van der Waals surface area contributed by atoms with E-state index in [9.17, 15) is 9.59 Å². The van der Waals surface area contributed by atoms with Crippen LogP contribution >= 0.6 is 11.6 Å². The Bertz CT molecular complexity index is 743. The molecule has 1 fully saturated rings. The lowest BCUT2D eigenvalue weighted by molar-refractivity contribution is 0.0606. The molecule has 0 bridgehead atoms. The number of rotatable bonds is 3. The topological polar surface area (TPSA) is 92.1 Å². The second-order valence-electron chi connectivity index (χ2n) is 5.59. The van der Waals surface area contributed by atoms with Gasteiger partial charge in [-0.15, -0.1) is 0 Å². The summed E-state index contributed by atoms with van der Waals surface area (Å²) in [5.74, 6) is -0.663. The van der Waals surface area contributed by atoms with E-state index in [1.807, 2.05) is 0 Å². The number of piperidine rings is 1. The molecular formula is C16H17ClN4O2. The highest BCUT2D eigenvalue weighted by atomic mass is 35.5. The number of nitrogens with one attached hydrogen (secondary N) is 1. The number of likely N-dealkylation sites (tertiary alicyclic amines) is 1. The van der Waals surface area contributed by atoms with Gasteiger partial charge in [0.25, 0.3) is 11.8 Å². The number of carbonyl (C=O) groups excluding carboxylic acids is 2. The van der Waals surface area contributed by atoms with Gasteiger partial charge in [0.15, 0.2) is 0 Å². The van der Waals surface area contributed by atoms with Gasteiger partial charge >= 0.3 is 0 Å². The molecule has 1 aliphatic rings. The van der Waals surface area contributed by atoms with E-state index in [0.29, 0.717) is 17.1 Å². The molecule has 1 saturated heterocycles. The Kier molecular flexibility index (Phi) is 4.34. The lowest BCUT2D eigenvalue weighted by atomic mass is 9.98. The SMILES string of the molecule is NC(=O)c1cc([C@@H]2CCCCN2C(=O)c2cccc(Cl)c2)[nH]n1. The Labute approximate surface area is 138 Å². The standard InChI is InChI=1S/C16H17ClN4O2/c17-11-5-3-4-10(8-11)16(23)21-7-2-1-6-14(21)12-9-13(15(18)22)20-19-12/h3-5,8-9,14H,1-2,6-7H2,(H2,18,22)(H,19,20)/t14-/m0/s1. The number of amides is 2. The van der Waals surface area contributed by atoms with E-state index in [-0.39, 0.29) is 17.6 Å². The molecule has 2 aromatic rings. The number of primary amides is 1. The van der Waals surface area contributed by atoms with Gasteiger partial charge in [-0.3, -0.25) is 14.7 Å². The third kappa shape index (κ3) is 3.22. The second kappa shape index (κ2) is 6.42. The smallest absolute Gasteiger partial charge is 0.269 e. The summed E-state index contributed by atoms with van der Waals surface area (Å²) in [6, 6.07) is 8.39. The number of nitrogens with zero attached hydrogens (tertiary/aromatic N) is 2. The average molecular weight is 333 g/mol. The highest BCUT2D eigenvalue weighted by Crippen LogP contribution is 2.31. The summed E-state index contributed by atoms with van der Waals surface area (Å²) in [7, 11) is 0. The molecule has 1 atom stereocenters. The first-order valence-corrected chi connectivity index (χ1v) is 7.85. The van der Waals surface area contributed by atoms with Crippen molar-refractivity contribution in [2.24, 2.45) is 5.73 Å². The molecule has 3 N–H and O–H groups in total. The fourth-order valence-corrected chi connectivity index (χ4v) is 3.11. The molecule has 23 heavy (non-hydrogen) atoms. The van der Waals surface area contributed by atoms with Gasteiger partial charge in [-0.05, 0) is 43.5 Å². The third-order valence-electron chi connectivity index (χ3n) is 4.04. The average Bonchev–Trinajstić information content (AvgIpc) is 3.04. The summed E-state index contributed by atoms with van der Waals surface area (Å²) in [5.41, 5.74) is 6.71. The maximum Gasteiger partial charge on any atom is 0.269 e. The van der Waals surface area contributed by atoms with E-state index in [1.54, 1.807) is 35.2 Å². The van der Waals surface area contributed by atoms with Crippen molar-refractivity contribution in [3.05, 3.63) is 52.3 Å². The van der Waals surface area contributed by atoms with Crippen LogP contribution in [-0.2, 0) is 0 Å². The quantitative estimate of drug-likeness (QED) is 0.904. The number of aromatic nitrogens is 2. The molecule has 1 aliphatic heterocycles. The van der Waals surface area contributed by atoms with Gasteiger partial charge in [0.2, 0.25) is 0 Å². The first-order valence-electron chi connectivity index (χ1n) is 7.48. The van der Waals surface area contributed by atoms with Crippen molar-refractivity contribution in [2.45, 2.75) is 25.3 Å². The number of nitrogens with two attached hydrogens (primary N) is 1. The molecule has 1 aromatic heterocycles. The highest BCUT2D eigenvalue weighted by molar-refractivity contribution is 6.30. The molecule has 1 aromatic carbocycles. The van der Waals surface area contributed by atoms with E-state index in [2.05, 4.69) is 10.2 Å². The van der Waals surface area contributed by atoms with Crippen molar-refractivity contribution >= 4 is 23.4 Å². The van der Waals surface area contributed by atoms with Crippen LogP contribution in [0, 0.1) is 0 Å². The molecule has 3 rings (SSSR count). The number of H-pyrrole nitrogens is 1. The number of aromatic amines is 1. The summed E-state index contributed by atoms with van der Waals surface area (Å²) in [6.07, 6.45) is 2.77. The Hall–Kier alpha value is -2.34. The molecule has 0 radical (unpaired) electrons. The van der Waals surface area contributed by atoms with Crippen LogP contribution in [0.25, 0.3) is 0 Å². The zero-order chi connectivity index (χ0) is 16.4. The molecule has 0 aliphatic carbocycles. The monoisotopic (exact) mass is 332 g/mol. The fraction of sp³-hybridized carbons (Fsp3) is 0.312. The predicted molar refractivity (Wildman–Crippen MR) is 86.2 cm³/mol. The molecule has 120 valence electrons. The van der Waals surface area contributed by atoms with Crippen molar-refractivity contribution in [2.75, 3.05) is 6.54 Å². The minimum Gasteiger partial charge on any atom is -0.364 e. The largest absolute Gasteiger partial charge is 0.364 e. The van der Waals surface area contributed by atoms with Gasteiger partial charge in [-0.25, -0.2) is 0 Å². The lowest BCUT2D eigenvalue weighted by Crippen LogP contribution is -2.38. The van der Waals surface area contributed by atoms with Gasteiger partial charge < -0.3 is 10.6 Å². The second-order valence-corrected chi connectivity index (χ2v) is 6.03. The number of benzene rings is 1. The zero-order valence-electron chi connectivity index (χ0n) is 12.5. The molecule has 2 amide bonds. The molecule has 0 unspecified atom stereocenters. The fourth-order valence-electron chi connectivity index (χ4n) is 2.92. The van der Waals surface area contributed by atoms with E-state index < -0.39 is 5.91 Å². The minimum absolute atomic E-state index is 0.0765. The maximum atomic E-state index is 12.8. The Balaban J connectivity index is 1.88. The number of hydrogen-bond acceptors (Lipinski definition) is 3. The molecule has 0 spiro atoms. The third-order valence-corrected chi connectivity index (χ3v) is 4.28. The van der Waals surface area contributed by atoms with Crippen LogP contribution in [0.1, 0.15) is 51.8 Å². The van der Waals surface area contributed by atoms with Crippen LogP contribution in [-0.4, -0.2) is 33.5 Å². The first kappa shape index (κ1) is 15.6. The molecule has 7 heteroatoms. The van der Waals surface area contributed by atoms with Crippen LogP contribution < -0.4 is 5.73 Å².